The van der Waals surface area contributed by atoms with Gasteiger partial charge < -0.3 is 10.2 Å². The maximum atomic E-state index is 5.09. The number of rotatable bonds is 2. The topological polar surface area (TPSA) is 47.3 Å². The number of hydrogen-bond donors (Lipinski definition) is 2. The Morgan fingerprint density at radius 1 is 1.70 bits per heavy atom. The summed E-state index contributed by atoms with van der Waals surface area (Å²) in [5.41, 5.74) is 0. The van der Waals surface area contributed by atoms with Crippen LogP contribution in [0.25, 0.3) is 0 Å². The molecule has 0 aromatic heterocycles. The molecule has 2 atom stereocenters. The number of hydrogen-bond acceptors (Lipinski definition) is 3. The summed E-state index contributed by atoms with van der Waals surface area (Å²) in [7, 11) is 0. The zero-order valence-corrected chi connectivity index (χ0v) is 6.47. The highest BCUT2D eigenvalue weighted by Gasteiger charge is 2.19. The largest absolute Gasteiger partial charge is 0.314 e. The van der Waals surface area contributed by atoms with Gasteiger partial charge in [-0.1, -0.05) is 6.92 Å². The molecule has 0 unspecified atom stereocenters. The molecule has 60 valence electrons. The molecule has 0 aliphatic carbocycles. The minimum Gasteiger partial charge on any atom is -0.314 e. The van der Waals surface area contributed by atoms with Gasteiger partial charge in [0, 0.05) is 6.04 Å². The van der Waals surface area contributed by atoms with Gasteiger partial charge in [-0.05, 0) is 25.8 Å². The summed E-state index contributed by atoms with van der Waals surface area (Å²) in [5, 5.41) is 3.40. The van der Waals surface area contributed by atoms with Crippen LogP contribution in [-0.4, -0.2) is 18.7 Å². The summed E-state index contributed by atoms with van der Waals surface area (Å²) in [6.45, 7) is 3.22. The van der Waals surface area contributed by atoms with E-state index in [0.717, 1.165) is 19.4 Å². The van der Waals surface area contributed by atoms with Crippen LogP contribution in [0.4, 0.5) is 0 Å². The molecule has 0 bridgehead atoms. The Morgan fingerprint density at radius 2 is 2.50 bits per heavy atom. The number of nitrogens with two attached hydrogens (primary N) is 1. The lowest BCUT2D eigenvalue weighted by Gasteiger charge is -2.27. The first-order chi connectivity index (χ1) is 4.86. The highest BCUT2D eigenvalue weighted by atomic mass is 16.6. The van der Waals surface area contributed by atoms with Crippen LogP contribution in [0, 0.1) is 0 Å². The minimum atomic E-state index is 0.284. The van der Waals surface area contributed by atoms with Crippen molar-refractivity contribution in [1.82, 2.24) is 5.32 Å². The first-order valence-corrected chi connectivity index (χ1v) is 3.95. The van der Waals surface area contributed by atoms with Crippen LogP contribution in [0.5, 0.6) is 0 Å². The molecule has 0 spiro atoms. The van der Waals surface area contributed by atoms with E-state index in [1.807, 2.05) is 0 Å². The Morgan fingerprint density at radius 3 is 3.10 bits per heavy atom. The summed E-state index contributed by atoms with van der Waals surface area (Å²) < 4.78 is 0. The van der Waals surface area contributed by atoms with Crippen molar-refractivity contribution < 1.29 is 4.84 Å². The van der Waals surface area contributed by atoms with Gasteiger partial charge in [-0.2, -0.15) is 0 Å². The van der Waals surface area contributed by atoms with Gasteiger partial charge >= 0.3 is 0 Å². The van der Waals surface area contributed by atoms with Crippen molar-refractivity contribution in [2.75, 3.05) is 6.54 Å². The fraction of sp³-hybridized carbons (Fsp3) is 1.00. The van der Waals surface area contributed by atoms with Crippen LogP contribution in [0.3, 0.4) is 0 Å². The van der Waals surface area contributed by atoms with Crippen molar-refractivity contribution in [3.63, 3.8) is 0 Å². The fourth-order valence-electron chi connectivity index (χ4n) is 1.40. The molecule has 0 radical (unpaired) electrons. The second-order valence-electron chi connectivity index (χ2n) is 2.84. The van der Waals surface area contributed by atoms with Crippen LogP contribution in [0.1, 0.15) is 26.2 Å². The number of piperidine rings is 1. The highest BCUT2D eigenvalue weighted by Crippen LogP contribution is 2.12. The van der Waals surface area contributed by atoms with Crippen molar-refractivity contribution in [3.8, 4) is 0 Å². The second-order valence-corrected chi connectivity index (χ2v) is 2.84. The fourth-order valence-corrected chi connectivity index (χ4v) is 1.40. The Labute approximate surface area is 61.9 Å². The molecule has 1 aliphatic rings. The van der Waals surface area contributed by atoms with Crippen molar-refractivity contribution in [1.29, 1.82) is 0 Å². The van der Waals surface area contributed by atoms with Crippen LogP contribution in [-0.2, 0) is 4.84 Å². The van der Waals surface area contributed by atoms with Crippen molar-refractivity contribution in [2.45, 2.75) is 38.3 Å². The van der Waals surface area contributed by atoms with Crippen LogP contribution < -0.4 is 11.2 Å². The Balaban J connectivity index is 2.25. The van der Waals surface area contributed by atoms with E-state index < -0.39 is 0 Å². The molecule has 3 nitrogen and oxygen atoms in total. The van der Waals surface area contributed by atoms with Crippen molar-refractivity contribution in [2.24, 2.45) is 5.90 Å². The zero-order valence-electron chi connectivity index (χ0n) is 6.47. The van der Waals surface area contributed by atoms with E-state index in [2.05, 4.69) is 12.2 Å². The Hall–Kier alpha value is -0.120. The van der Waals surface area contributed by atoms with E-state index in [-0.39, 0.29) is 6.10 Å². The second kappa shape index (κ2) is 3.91. The molecular weight excluding hydrogens is 128 g/mol. The van der Waals surface area contributed by atoms with Gasteiger partial charge in [0.15, 0.2) is 0 Å². The van der Waals surface area contributed by atoms with Crippen LogP contribution in [0.15, 0.2) is 0 Å². The summed E-state index contributed by atoms with van der Waals surface area (Å²) in [6, 6.07) is 0.613. The van der Waals surface area contributed by atoms with E-state index in [9.17, 15) is 0 Å². The number of nitrogens with one attached hydrogen (secondary N) is 1. The normalized spacial score (nSPS) is 34.2. The van der Waals surface area contributed by atoms with E-state index in [0.29, 0.717) is 6.04 Å². The average Bonchev–Trinajstić information content (AvgIpc) is 2.05. The van der Waals surface area contributed by atoms with Gasteiger partial charge in [0.25, 0.3) is 0 Å². The van der Waals surface area contributed by atoms with Crippen LogP contribution in [0.2, 0.25) is 0 Å². The van der Waals surface area contributed by atoms with E-state index in [1.165, 1.54) is 6.42 Å². The van der Waals surface area contributed by atoms with Crippen LogP contribution >= 0.6 is 0 Å². The summed E-state index contributed by atoms with van der Waals surface area (Å²) in [4.78, 5) is 4.78. The maximum Gasteiger partial charge on any atom is 0.0814 e. The smallest absolute Gasteiger partial charge is 0.0814 e. The highest BCUT2D eigenvalue weighted by molar-refractivity contribution is 4.76. The SMILES string of the molecule is CC[C@H]1C[C@H](ON)CCN1. The lowest BCUT2D eigenvalue weighted by molar-refractivity contribution is 0.0209. The lowest BCUT2D eigenvalue weighted by atomic mass is 10.0. The average molecular weight is 144 g/mol. The molecule has 3 N–H and O–H groups in total. The maximum absolute atomic E-state index is 5.09. The van der Waals surface area contributed by atoms with Gasteiger partial charge in [-0.3, -0.25) is 0 Å². The predicted molar refractivity (Wildman–Crippen MR) is 40.4 cm³/mol. The third-order valence-electron chi connectivity index (χ3n) is 2.13. The van der Waals surface area contributed by atoms with Crippen molar-refractivity contribution in [3.05, 3.63) is 0 Å². The van der Waals surface area contributed by atoms with Gasteiger partial charge in [0.05, 0.1) is 6.10 Å². The molecule has 0 amide bonds. The molecule has 1 rings (SSSR count). The standard InChI is InChI=1S/C7H16N2O/c1-2-6-5-7(10-8)3-4-9-6/h6-7,9H,2-5,8H2,1H3/t6-,7+/m0/s1. The molecule has 0 aromatic rings. The lowest BCUT2D eigenvalue weighted by Crippen LogP contribution is -2.41. The molecule has 1 aliphatic heterocycles. The molecule has 3 heteroatoms. The molecular formula is C7H16N2O. The molecule has 10 heavy (non-hydrogen) atoms. The first kappa shape index (κ1) is 7.98. The summed E-state index contributed by atoms with van der Waals surface area (Å²) >= 11 is 0. The van der Waals surface area contributed by atoms with Gasteiger partial charge in [-0.25, -0.2) is 5.90 Å². The summed E-state index contributed by atoms with van der Waals surface area (Å²) in [6.07, 6.45) is 3.56. The van der Waals surface area contributed by atoms with E-state index >= 15 is 0 Å². The third-order valence-corrected chi connectivity index (χ3v) is 2.13. The Kier molecular flexibility index (Phi) is 3.12. The first-order valence-electron chi connectivity index (χ1n) is 3.95. The van der Waals surface area contributed by atoms with E-state index in [4.69, 9.17) is 10.7 Å². The monoisotopic (exact) mass is 144 g/mol. The predicted octanol–water partition coefficient (Wildman–Crippen LogP) is 0.407. The zero-order chi connectivity index (χ0) is 7.40. The molecule has 1 heterocycles. The van der Waals surface area contributed by atoms with Gasteiger partial charge in [0.2, 0.25) is 0 Å². The van der Waals surface area contributed by atoms with Gasteiger partial charge in [0.1, 0.15) is 0 Å². The molecule has 0 aromatic carbocycles. The summed E-state index contributed by atoms with van der Waals surface area (Å²) in [5.74, 6) is 5.09. The third kappa shape index (κ3) is 1.94. The molecule has 0 saturated carbocycles. The van der Waals surface area contributed by atoms with E-state index in [1.54, 1.807) is 0 Å². The Bertz CT molecular complexity index is 87.6. The molecule has 1 saturated heterocycles. The van der Waals surface area contributed by atoms with Crippen molar-refractivity contribution >= 4 is 0 Å². The minimum absolute atomic E-state index is 0.284. The molecule has 1 fully saturated rings. The quantitative estimate of drug-likeness (QED) is 0.552. The van der Waals surface area contributed by atoms with Gasteiger partial charge in [-0.15, -0.1) is 0 Å².